The quantitative estimate of drug-likeness (QED) is 0.242. The maximum atomic E-state index is 6.58. The molecule has 2 atom stereocenters. The summed E-state index contributed by atoms with van der Waals surface area (Å²) >= 11 is 25.8. The van der Waals surface area contributed by atoms with Crippen LogP contribution in [-0.4, -0.2) is 56.3 Å². The van der Waals surface area contributed by atoms with Crippen molar-refractivity contribution < 1.29 is 0 Å². The Morgan fingerprint density at radius 2 is 1.12 bits per heavy atom. The number of aromatic nitrogens is 6. The van der Waals surface area contributed by atoms with Gasteiger partial charge in [-0.2, -0.15) is 0 Å². The first kappa shape index (κ1) is 24.1. The van der Waals surface area contributed by atoms with Gasteiger partial charge in [-0.1, -0.05) is 0 Å². The van der Waals surface area contributed by atoms with Crippen LogP contribution in [0.1, 0.15) is 20.8 Å². The van der Waals surface area contributed by atoms with Gasteiger partial charge in [0.05, 0.1) is 0 Å². The van der Waals surface area contributed by atoms with Crippen LogP contribution in [0.15, 0.2) is 61.2 Å². The number of benzene rings is 2. The van der Waals surface area contributed by atoms with Crippen molar-refractivity contribution in [3.63, 3.8) is 0 Å². The molecule has 4 aromatic rings. The first-order valence-electron chi connectivity index (χ1n) is 9.40. The molecule has 0 aliphatic carbocycles. The molecule has 32 heavy (non-hydrogen) atoms. The summed E-state index contributed by atoms with van der Waals surface area (Å²) in [4.78, 5) is 0.386. The molecule has 0 bridgehead atoms. The zero-order chi connectivity index (χ0) is 22.5. The monoisotopic (exact) mass is 640 g/mol. The van der Waals surface area contributed by atoms with Crippen molar-refractivity contribution in [1.82, 2.24) is 30.0 Å². The molecule has 2 aromatic carbocycles. The topological polar surface area (TPSA) is 61.4 Å². The summed E-state index contributed by atoms with van der Waals surface area (Å²) in [7, 11) is 0. The molecule has 4 rings (SSSR count). The third-order valence-electron chi connectivity index (χ3n) is 4.56. The van der Waals surface area contributed by atoms with E-state index < -0.39 is 0 Å². The van der Waals surface area contributed by atoms with Crippen LogP contribution in [-0.2, 0) is 13.1 Å². The molecule has 6 nitrogen and oxygen atoms in total. The predicted molar refractivity (Wildman–Crippen MR) is 130 cm³/mol. The minimum absolute atomic E-state index is 0.193. The van der Waals surface area contributed by atoms with Gasteiger partial charge in [0.15, 0.2) is 0 Å². The summed E-state index contributed by atoms with van der Waals surface area (Å²) < 4.78 is 3.68. The normalized spacial score (nSPS) is 13.2. The summed E-state index contributed by atoms with van der Waals surface area (Å²) in [6.45, 7) is 1.38. The van der Waals surface area contributed by atoms with E-state index in [9.17, 15) is 0 Å². The number of rotatable bonds is 9. The van der Waals surface area contributed by atoms with Crippen LogP contribution in [0.25, 0.3) is 0 Å². The Morgan fingerprint density at radius 1 is 0.688 bits per heavy atom. The SMILES string of the molecule is Clc1ccc(C(Cn2ccnn2)[Se][Se]C(Cn2ccnn2)c2ccc(Cl)cc2Cl)c(Cl)c1. The molecule has 166 valence electrons. The predicted octanol–water partition coefficient (Wildman–Crippen LogP) is 4.99. The Balaban J connectivity index is 1.61. The second-order valence-electron chi connectivity index (χ2n) is 6.75. The summed E-state index contributed by atoms with van der Waals surface area (Å²) in [5.74, 6) is 0. The molecular formula is C20H16Cl4N6Se2. The van der Waals surface area contributed by atoms with Gasteiger partial charge in [-0.25, -0.2) is 0 Å². The van der Waals surface area contributed by atoms with Crippen LogP contribution < -0.4 is 0 Å². The second-order valence-corrected chi connectivity index (χ2v) is 15.8. The van der Waals surface area contributed by atoms with E-state index >= 15 is 0 Å². The Hall–Kier alpha value is -1.08. The molecule has 0 aliphatic heterocycles. The van der Waals surface area contributed by atoms with Crippen LogP contribution in [0.5, 0.6) is 0 Å². The number of halogens is 4. The Bertz CT molecular complexity index is 1070. The van der Waals surface area contributed by atoms with E-state index in [1.54, 1.807) is 24.5 Å². The van der Waals surface area contributed by atoms with Crippen molar-refractivity contribution in [2.45, 2.75) is 22.7 Å². The standard InChI is InChI=1S/C20H16Cl4N6Se2/c21-13-1-3-15(17(23)9-13)19(11-29-7-5-25-27-29)31-32-20(12-30-8-6-26-28-30)16-4-2-14(22)10-18(16)24/h1-10,19-20H,11-12H2. The van der Waals surface area contributed by atoms with E-state index in [-0.39, 0.29) is 35.9 Å². The molecule has 0 amide bonds. The van der Waals surface area contributed by atoms with Gasteiger partial charge in [0.1, 0.15) is 0 Å². The molecule has 0 spiro atoms. The van der Waals surface area contributed by atoms with Crippen molar-refractivity contribution >= 4 is 72.7 Å². The van der Waals surface area contributed by atoms with Crippen LogP contribution in [0.4, 0.5) is 0 Å². The van der Waals surface area contributed by atoms with Gasteiger partial charge in [-0.3, -0.25) is 0 Å². The number of hydrogen-bond acceptors (Lipinski definition) is 4. The van der Waals surface area contributed by atoms with Gasteiger partial charge in [-0.05, 0) is 0 Å². The third-order valence-corrected chi connectivity index (χ3v) is 14.9. The van der Waals surface area contributed by atoms with Crippen LogP contribution in [0.3, 0.4) is 0 Å². The molecule has 0 fully saturated rings. The van der Waals surface area contributed by atoms with Crippen molar-refractivity contribution in [3.8, 4) is 0 Å². The Kier molecular flexibility index (Phi) is 8.54. The molecule has 0 N–H and O–H groups in total. The molecule has 0 aliphatic rings. The van der Waals surface area contributed by atoms with E-state index in [0.717, 1.165) is 11.1 Å². The summed E-state index contributed by atoms with van der Waals surface area (Å²) in [6, 6.07) is 11.3. The summed E-state index contributed by atoms with van der Waals surface area (Å²) in [5.41, 5.74) is 2.13. The first-order chi connectivity index (χ1) is 15.5. The first-order valence-corrected chi connectivity index (χ1v) is 17.2. The van der Waals surface area contributed by atoms with Gasteiger partial charge >= 0.3 is 218 Å². The fourth-order valence-electron chi connectivity index (χ4n) is 3.02. The maximum absolute atomic E-state index is 6.58. The van der Waals surface area contributed by atoms with Crippen molar-refractivity contribution in [3.05, 3.63) is 92.4 Å². The molecule has 0 radical (unpaired) electrons. The van der Waals surface area contributed by atoms with Crippen molar-refractivity contribution in [2.24, 2.45) is 0 Å². The number of nitrogens with zero attached hydrogens (tertiary/aromatic N) is 6. The Morgan fingerprint density at radius 3 is 1.47 bits per heavy atom. The van der Waals surface area contributed by atoms with E-state index in [0.29, 0.717) is 33.2 Å². The fraction of sp³-hybridized carbons (Fsp3) is 0.200. The molecule has 0 saturated heterocycles. The van der Waals surface area contributed by atoms with E-state index in [1.807, 2.05) is 46.0 Å². The third kappa shape index (κ3) is 6.28. The zero-order valence-electron chi connectivity index (χ0n) is 16.4. The van der Waals surface area contributed by atoms with Gasteiger partial charge in [-0.15, -0.1) is 0 Å². The fourth-order valence-corrected chi connectivity index (χ4v) is 13.7. The molecule has 12 heteroatoms. The van der Waals surface area contributed by atoms with Crippen LogP contribution in [0, 0.1) is 0 Å². The molecule has 2 unspecified atom stereocenters. The molecule has 0 saturated carbocycles. The van der Waals surface area contributed by atoms with Crippen LogP contribution >= 0.6 is 46.4 Å². The van der Waals surface area contributed by atoms with E-state index in [4.69, 9.17) is 46.4 Å². The van der Waals surface area contributed by atoms with E-state index in [1.165, 1.54) is 0 Å². The summed E-state index contributed by atoms with van der Waals surface area (Å²) in [6.07, 6.45) is 7.09. The molecule has 2 aromatic heterocycles. The average Bonchev–Trinajstić information content (AvgIpc) is 3.45. The van der Waals surface area contributed by atoms with Gasteiger partial charge in [0.2, 0.25) is 0 Å². The molecular weight excluding hydrogens is 624 g/mol. The second kappa shape index (κ2) is 11.4. The van der Waals surface area contributed by atoms with Gasteiger partial charge in [0.25, 0.3) is 0 Å². The van der Waals surface area contributed by atoms with Crippen LogP contribution in [0.2, 0.25) is 20.1 Å². The number of hydrogen-bond donors (Lipinski definition) is 0. The van der Waals surface area contributed by atoms with E-state index in [2.05, 4.69) is 20.6 Å². The van der Waals surface area contributed by atoms with Crippen molar-refractivity contribution in [1.29, 1.82) is 0 Å². The average molecular weight is 640 g/mol. The van der Waals surface area contributed by atoms with Gasteiger partial charge < -0.3 is 0 Å². The van der Waals surface area contributed by atoms with Gasteiger partial charge in [0, 0.05) is 0 Å². The minimum atomic E-state index is 0.193. The molecule has 2 heterocycles. The van der Waals surface area contributed by atoms with Crippen molar-refractivity contribution in [2.75, 3.05) is 0 Å². The summed E-state index contributed by atoms with van der Waals surface area (Å²) in [5, 5.41) is 18.8. The Labute approximate surface area is 216 Å². The zero-order valence-corrected chi connectivity index (χ0v) is 22.8.